The highest BCUT2D eigenvalue weighted by molar-refractivity contribution is 5.90. The second-order valence-electron chi connectivity index (χ2n) is 11.2. The SMILES string of the molecule is C[C@H]1C[C@H]2[C@@H]3CCC4=CC(C)(C)C=C[C@]4(C)[C@@]3(F)[C@@H](O)C[C@]2(C)[C@@]1(O)C(=O)CO. The lowest BCUT2D eigenvalue weighted by Crippen LogP contribution is -2.69. The normalized spacial score (nSPS) is 52.9. The molecule has 5 heteroatoms. The van der Waals surface area contributed by atoms with Crippen molar-refractivity contribution in [3.05, 3.63) is 23.8 Å². The van der Waals surface area contributed by atoms with Gasteiger partial charge in [0.2, 0.25) is 0 Å². The van der Waals surface area contributed by atoms with Crippen LogP contribution >= 0.6 is 0 Å². The summed E-state index contributed by atoms with van der Waals surface area (Å²) in [6.07, 6.45) is 6.71. The standard InChI is InChI=1S/C24H35FO4/c1-14-10-17-16-7-6-15-11-20(2,3)8-9-21(15,4)23(16,25)18(27)12-22(17,5)24(14,29)19(28)13-26/h8-9,11,14,16-18,26-27,29H,6-7,10,12-13H2,1-5H3/t14-,16-,17-,18-,21-,22-,23-,24-/m0/s1. The van der Waals surface area contributed by atoms with Crippen molar-refractivity contribution >= 4 is 5.78 Å². The van der Waals surface area contributed by atoms with Crippen LogP contribution in [-0.4, -0.2) is 45.1 Å². The van der Waals surface area contributed by atoms with Crippen molar-refractivity contribution in [2.75, 3.05) is 6.61 Å². The second kappa shape index (κ2) is 6.02. The van der Waals surface area contributed by atoms with E-state index < -0.39 is 52.4 Å². The van der Waals surface area contributed by atoms with Crippen LogP contribution in [0, 0.1) is 34.0 Å². The maximum absolute atomic E-state index is 17.1. The molecule has 3 saturated carbocycles. The van der Waals surface area contributed by atoms with Gasteiger partial charge in [-0.3, -0.25) is 4.79 Å². The summed E-state index contributed by atoms with van der Waals surface area (Å²) < 4.78 is 17.1. The van der Waals surface area contributed by atoms with Crippen molar-refractivity contribution in [3.63, 3.8) is 0 Å². The Morgan fingerprint density at radius 3 is 2.48 bits per heavy atom. The lowest BCUT2D eigenvalue weighted by Gasteiger charge is -2.63. The van der Waals surface area contributed by atoms with E-state index in [2.05, 4.69) is 19.9 Å². The van der Waals surface area contributed by atoms with Gasteiger partial charge in [-0.2, -0.15) is 0 Å². The summed E-state index contributed by atoms with van der Waals surface area (Å²) in [6, 6.07) is 0. The minimum atomic E-state index is -1.85. The van der Waals surface area contributed by atoms with Gasteiger partial charge < -0.3 is 15.3 Å². The van der Waals surface area contributed by atoms with Crippen LogP contribution in [0.4, 0.5) is 4.39 Å². The first-order valence-electron chi connectivity index (χ1n) is 10.9. The van der Waals surface area contributed by atoms with Crippen molar-refractivity contribution in [3.8, 4) is 0 Å². The summed E-state index contributed by atoms with van der Waals surface area (Å²) in [5.74, 6) is -1.69. The predicted molar refractivity (Wildman–Crippen MR) is 109 cm³/mol. The van der Waals surface area contributed by atoms with Crippen LogP contribution in [-0.2, 0) is 4.79 Å². The highest BCUT2D eigenvalue weighted by Gasteiger charge is 2.75. The zero-order valence-corrected chi connectivity index (χ0v) is 18.2. The maximum atomic E-state index is 17.1. The fraction of sp³-hybridized carbons (Fsp3) is 0.792. The van der Waals surface area contributed by atoms with Crippen LogP contribution in [0.1, 0.15) is 60.3 Å². The maximum Gasteiger partial charge on any atom is 0.190 e. The summed E-state index contributed by atoms with van der Waals surface area (Å²) >= 11 is 0. The number of Topliss-reactive ketones (excluding diaryl/α,β-unsaturated/α-hetero) is 1. The molecule has 3 fully saturated rings. The van der Waals surface area contributed by atoms with Crippen LogP contribution in [0.15, 0.2) is 23.8 Å². The number of aliphatic hydroxyl groups is 3. The van der Waals surface area contributed by atoms with Crippen LogP contribution in [0.5, 0.6) is 0 Å². The van der Waals surface area contributed by atoms with Crippen molar-refractivity contribution in [1.82, 2.24) is 0 Å². The first-order chi connectivity index (χ1) is 13.3. The Balaban J connectivity index is 1.83. The number of carbonyl (C=O) groups is 1. The quantitative estimate of drug-likeness (QED) is 0.615. The number of fused-ring (bicyclic) bond motifs is 5. The van der Waals surface area contributed by atoms with Crippen molar-refractivity contribution in [1.29, 1.82) is 0 Å². The molecule has 0 heterocycles. The lowest BCUT2D eigenvalue weighted by molar-refractivity contribution is -0.219. The first-order valence-corrected chi connectivity index (χ1v) is 10.9. The number of aliphatic hydroxyl groups excluding tert-OH is 2. The van der Waals surface area contributed by atoms with Crippen LogP contribution in [0.3, 0.4) is 0 Å². The Hall–Kier alpha value is -1.04. The summed E-state index contributed by atoms with van der Waals surface area (Å²) in [4.78, 5) is 12.6. The fourth-order valence-electron chi connectivity index (χ4n) is 7.67. The smallest absolute Gasteiger partial charge is 0.190 e. The Labute approximate surface area is 172 Å². The molecule has 3 N–H and O–H groups in total. The highest BCUT2D eigenvalue weighted by atomic mass is 19.1. The molecule has 4 aliphatic carbocycles. The van der Waals surface area contributed by atoms with E-state index in [1.807, 2.05) is 32.9 Å². The summed E-state index contributed by atoms with van der Waals surface area (Å²) in [5.41, 5.74) is -4.53. The molecule has 4 aliphatic rings. The number of halogens is 1. The number of hydrogen-bond acceptors (Lipinski definition) is 4. The molecule has 0 amide bonds. The predicted octanol–water partition coefficient (Wildman–Crippen LogP) is 3.35. The fourth-order valence-corrected chi connectivity index (χ4v) is 7.67. The molecule has 0 saturated heterocycles. The Morgan fingerprint density at radius 2 is 1.86 bits per heavy atom. The van der Waals surface area contributed by atoms with E-state index in [0.717, 1.165) is 12.0 Å². The lowest BCUT2D eigenvalue weighted by atomic mass is 9.44. The molecule has 29 heavy (non-hydrogen) atoms. The van der Waals surface area contributed by atoms with Crippen LogP contribution in [0.25, 0.3) is 0 Å². The minimum Gasteiger partial charge on any atom is -0.390 e. The average molecular weight is 407 g/mol. The highest BCUT2D eigenvalue weighted by Crippen LogP contribution is 2.71. The van der Waals surface area contributed by atoms with Crippen LogP contribution < -0.4 is 0 Å². The zero-order chi connectivity index (χ0) is 21.6. The van der Waals surface area contributed by atoms with Crippen molar-refractivity contribution < 1.29 is 24.5 Å². The van der Waals surface area contributed by atoms with E-state index in [-0.39, 0.29) is 17.8 Å². The van der Waals surface area contributed by atoms with E-state index in [0.29, 0.717) is 12.8 Å². The monoisotopic (exact) mass is 406 g/mol. The van der Waals surface area contributed by atoms with Gasteiger partial charge in [0, 0.05) is 22.2 Å². The van der Waals surface area contributed by atoms with Gasteiger partial charge in [-0.25, -0.2) is 4.39 Å². The van der Waals surface area contributed by atoms with Crippen LogP contribution in [0.2, 0.25) is 0 Å². The van der Waals surface area contributed by atoms with Gasteiger partial charge in [-0.15, -0.1) is 0 Å². The van der Waals surface area contributed by atoms with Gasteiger partial charge in [0.05, 0.1) is 6.10 Å². The van der Waals surface area contributed by atoms with Gasteiger partial charge in [0.15, 0.2) is 11.5 Å². The van der Waals surface area contributed by atoms with E-state index >= 15 is 4.39 Å². The zero-order valence-electron chi connectivity index (χ0n) is 18.2. The molecule has 8 atom stereocenters. The van der Waals surface area contributed by atoms with Crippen molar-refractivity contribution in [2.24, 2.45) is 34.0 Å². The topological polar surface area (TPSA) is 77.8 Å². The molecule has 4 rings (SSSR count). The number of rotatable bonds is 2. The largest absolute Gasteiger partial charge is 0.390 e. The van der Waals surface area contributed by atoms with E-state index in [9.17, 15) is 20.1 Å². The molecule has 0 aromatic rings. The number of hydrogen-bond donors (Lipinski definition) is 3. The number of ketones is 1. The van der Waals surface area contributed by atoms with Crippen molar-refractivity contribution in [2.45, 2.75) is 77.7 Å². The van der Waals surface area contributed by atoms with Gasteiger partial charge >= 0.3 is 0 Å². The van der Waals surface area contributed by atoms with Gasteiger partial charge in [-0.1, -0.05) is 51.5 Å². The van der Waals surface area contributed by atoms with Gasteiger partial charge in [0.1, 0.15) is 12.2 Å². The first kappa shape index (κ1) is 21.2. The Bertz CT molecular complexity index is 803. The molecular weight excluding hydrogens is 371 g/mol. The molecule has 4 nitrogen and oxygen atoms in total. The molecule has 0 spiro atoms. The van der Waals surface area contributed by atoms with Gasteiger partial charge in [0.25, 0.3) is 0 Å². The Kier molecular flexibility index (Phi) is 4.40. The second-order valence-corrected chi connectivity index (χ2v) is 11.2. The van der Waals surface area contributed by atoms with E-state index in [1.54, 1.807) is 0 Å². The summed E-state index contributed by atoms with van der Waals surface area (Å²) in [6.45, 7) is 8.97. The third-order valence-electron chi connectivity index (χ3n) is 9.29. The Morgan fingerprint density at radius 1 is 1.21 bits per heavy atom. The third kappa shape index (κ3) is 2.33. The molecule has 0 unspecified atom stereocenters. The molecule has 0 aromatic carbocycles. The average Bonchev–Trinajstić information content (AvgIpc) is 2.84. The van der Waals surface area contributed by atoms with Gasteiger partial charge in [-0.05, 0) is 44.4 Å². The third-order valence-corrected chi connectivity index (χ3v) is 9.29. The molecular formula is C24H35FO4. The summed E-state index contributed by atoms with van der Waals surface area (Å²) in [5, 5.41) is 32.2. The summed E-state index contributed by atoms with van der Waals surface area (Å²) in [7, 11) is 0. The van der Waals surface area contributed by atoms with E-state index in [1.165, 1.54) is 0 Å². The number of allylic oxidation sites excluding steroid dienone is 4. The number of carbonyl (C=O) groups excluding carboxylic acids is 1. The molecule has 0 aliphatic heterocycles. The molecule has 0 aromatic heterocycles. The number of alkyl halides is 1. The minimum absolute atomic E-state index is 0.0113. The molecule has 0 bridgehead atoms. The van der Waals surface area contributed by atoms with E-state index in [4.69, 9.17) is 0 Å². The molecule has 162 valence electrons. The molecule has 0 radical (unpaired) electrons.